The summed E-state index contributed by atoms with van der Waals surface area (Å²) in [5.41, 5.74) is 35.7. The zero-order valence-corrected chi connectivity index (χ0v) is 45.0. The highest BCUT2D eigenvalue weighted by molar-refractivity contribution is 7.03. The van der Waals surface area contributed by atoms with Gasteiger partial charge in [0.2, 0.25) is 20.1 Å². The summed E-state index contributed by atoms with van der Waals surface area (Å²) in [4.78, 5) is 0. The van der Waals surface area contributed by atoms with Gasteiger partial charge in [0.1, 0.15) is 6.07 Å². The molecule has 12 aromatic carbocycles. The number of hydrogen-bond donors (Lipinski definition) is 0. The second kappa shape index (κ2) is 16.0. The molecule has 0 N–H and O–H groups in total. The normalized spacial score (nSPS) is 13.2. The average molecular weight is 1030 g/mol. The van der Waals surface area contributed by atoms with Gasteiger partial charge in [0.25, 0.3) is 0 Å². The number of nitrogens with zero attached hydrogens (tertiary/aromatic N) is 4. The van der Waals surface area contributed by atoms with Gasteiger partial charge in [0.05, 0.1) is 27.8 Å². The summed E-state index contributed by atoms with van der Waals surface area (Å²) in [7, 11) is 0. The Balaban J connectivity index is 0.0000000915. The fourth-order valence-corrected chi connectivity index (χ4v) is 16.5. The molecule has 0 bridgehead atoms. The SMILES string of the molecule is Cc1ccc2c(c1)c1cccc3c1n2-c1cccc2c1B3c1ccccc1-2.Cc1cccc2c1c1cccc3c1n2-c1cccc2c1B3c1ccccc1-2.N#Cc1ccc2c3c1-n1c4ccccc4c4cccc(c41)B3c1ccccc1-2. The van der Waals surface area contributed by atoms with Crippen LogP contribution in [-0.4, -0.2) is 33.8 Å². The van der Waals surface area contributed by atoms with Gasteiger partial charge in [-0.05, 0) is 128 Å². The van der Waals surface area contributed by atoms with E-state index in [1.165, 1.54) is 170 Å². The van der Waals surface area contributed by atoms with Crippen molar-refractivity contribution in [2.75, 3.05) is 0 Å². The predicted molar refractivity (Wildman–Crippen MR) is 347 cm³/mol. The largest absolute Gasteiger partial charge is 0.310 e. The number of nitriles is 1. The fraction of sp³-hybridized carbons (Fsp3) is 0.0267. The number of fused-ring (bicyclic) bond motifs is 24. The lowest BCUT2D eigenvalue weighted by molar-refractivity contribution is 1.18. The van der Waals surface area contributed by atoms with E-state index < -0.39 is 0 Å². The fourth-order valence-electron chi connectivity index (χ4n) is 16.5. The number of rotatable bonds is 0. The molecular formula is C75H45B3N4. The first-order valence-corrected chi connectivity index (χ1v) is 28.8. The van der Waals surface area contributed by atoms with Crippen molar-refractivity contribution in [2.45, 2.75) is 13.8 Å². The Bertz CT molecular complexity index is 5490. The summed E-state index contributed by atoms with van der Waals surface area (Å²) in [6.45, 7) is 5.28. The van der Waals surface area contributed by atoms with Crippen molar-refractivity contribution in [1.82, 2.24) is 13.7 Å². The molecule has 0 amide bonds. The maximum atomic E-state index is 9.96. The molecule has 6 aliphatic rings. The standard InChI is InChI=1S/C25H13BN2.2C25H16BN/c27-14-15-12-13-18-16-6-1-3-9-20(16)26-21-10-5-8-19-17-7-2-4-11-22(17)28(25(19)21)24(15)23(18)26;1-15-7-4-13-21-23(15)18-10-5-12-20-25(18)27(21)22-14-6-9-17-16-8-2-3-11-19(16)26(20)24(17)22;1-15-12-13-22-19(14-15)18-8-4-10-21-25(18)27(22)23-11-5-7-17-16-6-2-3-9-20(16)26(21)24(17)23/h1-13H;2*2-14H,1H3. The minimum absolute atomic E-state index is 0.190. The van der Waals surface area contributed by atoms with Crippen LogP contribution in [0.3, 0.4) is 0 Å². The van der Waals surface area contributed by atoms with Gasteiger partial charge in [0.15, 0.2) is 0 Å². The third kappa shape index (κ3) is 5.45. The lowest BCUT2D eigenvalue weighted by Gasteiger charge is -2.25. The molecule has 0 aliphatic carbocycles. The molecule has 0 atom stereocenters. The van der Waals surface area contributed by atoms with Gasteiger partial charge in [0, 0.05) is 60.2 Å². The molecule has 374 valence electrons. The summed E-state index contributed by atoms with van der Waals surface area (Å²) in [5.74, 6) is 0. The first kappa shape index (κ1) is 44.6. The molecule has 21 rings (SSSR count). The number of aryl methyl sites for hydroxylation is 2. The van der Waals surface area contributed by atoms with Crippen molar-refractivity contribution in [3.8, 4) is 56.5 Å². The lowest BCUT2D eigenvalue weighted by Crippen LogP contribution is -2.53. The highest BCUT2D eigenvalue weighted by atomic mass is 15.0. The topological polar surface area (TPSA) is 38.6 Å². The molecule has 6 aliphatic heterocycles. The van der Waals surface area contributed by atoms with Crippen molar-refractivity contribution >= 4 is 135 Å². The van der Waals surface area contributed by atoms with E-state index in [-0.39, 0.29) is 6.71 Å². The Morgan fingerprint density at radius 3 is 1.40 bits per heavy atom. The Morgan fingerprint density at radius 2 is 0.768 bits per heavy atom. The second-order valence-corrected chi connectivity index (χ2v) is 23.3. The van der Waals surface area contributed by atoms with Crippen molar-refractivity contribution in [2.24, 2.45) is 0 Å². The first-order valence-electron chi connectivity index (χ1n) is 28.8. The zero-order chi connectivity index (χ0) is 53.8. The molecule has 0 unspecified atom stereocenters. The molecule has 3 aromatic heterocycles. The van der Waals surface area contributed by atoms with Crippen molar-refractivity contribution in [3.05, 3.63) is 253 Å². The molecule has 7 heteroatoms. The molecular weight excluding hydrogens is 989 g/mol. The first-order chi connectivity index (χ1) is 40.6. The van der Waals surface area contributed by atoms with E-state index >= 15 is 0 Å². The van der Waals surface area contributed by atoms with Gasteiger partial charge in [-0.3, -0.25) is 0 Å². The highest BCUT2D eigenvalue weighted by Gasteiger charge is 2.44. The van der Waals surface area contributed by atoms with Gasteiger partial charge in [-0.15, -0.1) is 0 Å². The maximum Gasteiger partial charge on any atom is 0.248 e. The summed E-state index contributed by atoms with van der Waals surface area (Å²) in [5, 5.41) is 18.0. The maximum absolute atomic E-state index is 9.96. The molecule has 0 saturated heterocycles. The summed E-state index contributed by atoms with van der Waals surface area (Å²) in [6, 6.07) is 89.2. The third-order valence-corrected chi connectivity index (χ3v) is 19.4. The third-order valence-electron chi connectivity index (χ3n) is 19.4. The van der Waals surface area contributed by atoms with Gasteiger partial charge >= 0.3 is 0 Å². The monoisotopic (exact) mass is 1030 g/mol. The smallest absolute Gasteiger partial charge is 0.248 e. The quantitative estimate of drug-likeness (QED) is 0.140. The minimum atomic E-state index is 0.190. The van der Waals surface area contributed by atoms with Crippen LogP contribution in [0.15, 0.2) is 237 Å². The van der Waals surface area contributed by atoms with Crippen LogP contribution >= 0.6 is 0 Å². The van der Waals surface area contributed by atoms with Crippen LogP contribution in [0, 0.1) is 25.2 Å². The van der Waals surface area contributed by atoms with Crippen LogP contribution in [-0.2, 0) is 0 Å². The molecule has 0 saturated carbocycles. The van der Waals surface area contributed by atoms with Gasteiger partial charge in [-0.2, -0.15) is 5.26 Å². The van der Waals surface area contributed by atoms with Crippen molar-refractivity contribution < 1.29 is 0 Å². The van der Waals surface area contributed by atoms with Gasteiger partial charge < -0.3 is 13.7 Å². The van der Waals surface area contributed by atoms with Crippen LogP contribution in [0.2, 0.25) is 0 Å². The van der Waals surface area contributed by atoms with Crippen molar-refractivity contribution in [3.63, 3.8) is 0 Å². The van der Waals surface area contributed by atoms with Crippen LogP contribution in [0.4, 0.5) is 0 Å². The van der Waals surface area contributed by atoms with Gasteiger partial charge in [-0.1, -0.05) is 216 Å². The van der Waals surface area contributed by atoms with Crippen molar-refractivity contribution in [1.29, 1.82) is 5.26 Å². The predicted octanol–water partition coefficient (Wildman–Crippen LogP) is 11.3. The molecule has 0 radical (unpaired) electrons. The molecule has 0 fully saturated rings. The summed E-state index contributed by atoms with van der Waals surface area (Å²) < 4.78 is 7.34. The Hall–Kier alpha value is -10.3. The zero-order valence-electron chi connectivity index (χ0n) is 45.0. The summed E-state index contributed by atoms with van der Waals surface area (Å²) >= 11 is 0. The number of para-hydroxylation sites is 4. The Labute approximate surface area is 474 Å². The minimum Gasteiger partial charge on any atom is -0.310 e. The van der Waals surface area contributed by atoms with E-state index in [4.69, 9.17) is 0 Å². The lowest BCUT2D eigenvalue weighted by atomic mass is 9.37. The number of hydrogen-bond acceptors (Lipinski definition) is 1. The Kier molecular flexibility index (Phi) is 8.68. The van der Waals surface area contributed by atoms with E-state index in [1.54, 1.807) is 0 Å². The molecule has 9 heterocycles. The van der Waals surface area contributed by atoms with E-state index in [2.05, 4.69) is 264 Å². The van der Waals surface area contributed by atoms with Crippen LogP contribution in [0.25, 0.3) is 116 Å². The highest BCUT2D eigenvalue weighted by Crippen LogP contribution is 2.41. The molecule has 4 nitrogen and oxygen atoms in total. The van der Waals surface area contributed by atoms with Crippen LogP contribution < -0.4 is 49.2 Å². The van der Waals surface area contributed by atoms with E-state index in [0.717, 1.165) is 11.3 Å². The van der Waals surface area contributed by atoms with E-state index in [1.807, 2.05) is 6.07 Å². The summed E-state index contributed by atoms with van der Waals surface area (Å²) in [6.07, 6.45) is 0. The van der Waals surface area contributed by atoms with Crippen LogP contribution in [0.1, 0.15) is 16.7 Å². The van der Waals surface area contributed by atoms with E-state index in [9.17, 15) is 5.26 Å². The molecule has 0 spiro atoms. The average Bonchev–Trinajstić information content (AvgIpc) is 2.42. The Morgan fingerprint density at radius 1 is 0.329 bits per heavy atom. The number of benzene rings is 12. The molecule has 82 heavy (non-hydrogen) atoms. The molecule has 15 aromatic rings. The van der Waals surface area contributed by atoms with Crippen LogP contribution in [0.5, 0.6) is 0 Å². The van der Waals surface area contributed by atoms with E-state index in [0.29, 0.717) is 13.4 Å². The second-order valence-electron chi connectivity index (χ2n) is 23.3. The number of aromatic nitrogens is 3. The van der Waals surface area contributed by atoms with Gasteiger partial charge in [-0.25, -0.2) is 0 Å².